The van der Waals surface area contributed by atoms with Gasteiger partial charge in [-0.2, -0.15) is 4.31 Å². The van der Waals surface area contributed by atoms with Crippen molar-refractivity contribution in [1.29, 1.82) is 0 Å². The molecule has 0 aromatic heterocycles. The highest BCUT2D eigenvalue weighted by molar-refractivity contribution is 9.08. The van der Waals surface area contributed by atoms with E-state index in [4.69, 9.17) is 0 Å². The van der Waals surface area contributed by atoms with Gasteiger partial charge in [0.2, 0.25) is 15.9 Å². The number of sulfonamides is 1. The number of nitrogens with one attached hydrogen (secondary N) is 1. The van der Waals surface area contributed by atoms with Gasteiger partial charge in [-0.25, -0.2) is 8.42 Å². The minimum atomic E-state index is -3.64. The second-order valence-corrected chi connectivity index (χ2v) is 7.37. The third-order valence-electron chi connectivity index (χ3n) is 2.60. The van der Waals surface area contributed by atoms with Gasteiger partial charge in [0.1, 0.15) is 0 Å². The highest BCUT2D eigenvalue weighted by Gasteiger charge is 2.22. The Bertz CT molecular complexity index is 555. The molecule has 0 bridgehead atoms. The molecule has 0 radical (unpaired) electrons. The van der Waals surface area contributed by atoms with Gasteiger partial charge in [-0.15, -0.1) is 0 Å². The van der Waals surface area contributed by atoms with Crippen LogP contribution in [0.5, 0.6) is 0 Å². The van der Waals surface area contributed by atoms with Crippen molar-refractivity contribution in [2.45, 2.75) is 30.1 Å². The molecule has 0 spiro atoms. The number of benzene rings is 1. The molecule has 1 aromatic rings. The Balaban J connectivity index is 2.83. The number of likely N-dealkylation sites (N-methyl/N-ethyl adjacent to an activating group) is 1. The smallest absolute Gasteiger partial charge is 0.243 e. The zero-order valence-electron chi connectivity index (χ0n) is 11.8. The van der Waals surface area contributed by atoms with E-state index in [1.807, 2.05) is 13.8 Å². The number of carbonyl (C=O) groups is 1. The first kappa shape index (κ1) is 17.1. The number of amides is 1. The molecular weight excluding hydrogens is 344 g/mol. The van der Waals surface area contributed by atoms with E-state index in [1.54, 1.807) is 24.3 Å². The molecular formula is C13H19BrN2O3S. The average Bonchev–Trinajstić information content (AvgIpc) is 2.37. The number of hydrogen-bond donors (Lipinski definition) is 1. The molecule has 5 nitrogen and oxygen atoms in total. The molecule has 112 valence electrons. The summed E-state index contributed by atoms with van der Waals surface area (Å²) in [6.45, 7) is 3.46. The lowest BCUT2D eigenvalue weighted by atomic mass is 10.2. The molecule has 0 aliphatic carbocycles. The van der Waals surface area contributed by atoms with E-state index in [9.17, 15) is 13.2 Å². The minimum absolute atomic E-state index is 0.0168. The van der Waals surface area contributed by atoms with Gasteiger partial charge in [0.15, 0.2) is 0 Å². The summed E-state index contributed by atoms with van der Waals surface area (Å²) in [4.78, 5) is 11.8. The monoisotopic (exact) mass is 362 g/mol. The van der Waals surface area contributed by atoms with Crippen LogP contribution >= 0.6 is 15.9 Å². The Kier molecular flexibility index (Phi) is 6.16. The van der Waals surface area contributed by atoms with Gasteiger partial charge < -0.3 is 5.32 Å². The highest BCUT2D eigenvalue weighted by Crippen LogP contribution is 2.16. The van der Waals surface area contributed by atoms with Gasteiger partial charge in [-0.05, 0) is 31.5 Å². The quantitative estimate of drug-likeness (QED) is 0.783. The average molecular weight is 363 g/mol. The molecule has 1 N–H and O–H groups in total. The van der Waals surface area contributed by atoms with E-state index < -0.39 is 10.0 Å². The minimum Gasteiger partial charge on any atom is -0.353 e. The molecule has 1 amide bonds. The van der Waals surface area contributed by atoms with Crippen LogP contribution < -0.4 is 5.32 Å². The highest BCUT2D eigenvalue weighted by atomic mass is 79.9. The van der Waals surface area contributed by atoms with Crippen molar-refractivity contribution in [2.75, 3.05) is 13.6 Å². The van der Waals surface area contributed by atoms with E-state index in [1.165, 1.54) is 7.05 Å². The summed E-state index contributed by atoms with van der Waals surface area (Å²) < 4.78 is 25.6. The van der Waals surface area contributed by atoms with Crippen LogP contribution in [-0.2, 0) is 20.1 Å². The van der Waals surface area contributed by atoms with Crippen LogP contribution in [0.15, 0.2) is 29.2 Å². The lowest BCUT2D eigenvalue weighted by Crippen LogP contribution is -2.40. The molecule has 0 unspecified atom stereocenters. The molecule has 0 fully saturated rings. The van der Waals surface area contributed by atoms with Gasteiger partial charge in [0.25, 0.3) is 0 Å². The number of nitrogens with zero attached hydrogens (tertiary/aromatic N) is 1. The molecule has 7 heteroatoms. The summed E-state index contributed by atoms with van der Waals surface area (Å²) >= 11 is 3.30. The first-order valence-electron chi connectivity index (χ1n) is 6.18. The van der Waals surface area contributed by atoms with E-state index in [-0.39, 0.29) is 23.4 Å². The third-order valence-corrected chi connectivity index (χ3v) is 5.07. The van der Waals surface area contributed by atoms with Crippen molar-refractivity contribution >= 4 is 31.9 Å². The number of carbonyl (C=O) groups excluding carboxylic acids is 1. The third kappa shape index (κ3) is 4.57. The Morgan fingerprint density at radius 2 is 1.85 bits per heavy atom. The Morgan fingerprint density at radius 3 is 2.30 bits per heavy atom. The second kappa shape index (κ2) is 7.19. The molecule has 0 heterocycles. The summed E-state index contributed by atoms with van der Waals surface area (Å²) in [5.74, 6) is -0.317. The van der Waals surface area contributed by atoms with E-state index in [2.05, 4.69) is 21.2 Å². The van der Waals surface area contributed by atoms with Gasteiger partial charge in [0, 0.05) is 18.4 Å². The van der Waals surface area contributed by atoms with E-state index in [0.717, 1.165) is 9.87 Å². The largest absolute Gasteiger partial charge is 0.353 e. The molecule has 0 saturated heterocycles. The van der Waals surface area contributed by atoms with Crippen LogP contribution in [0.25, 0.3) is 0 Å². The maximum atomic E-state index is 12.3. The summed E-state index contributed by atoms with van der Waals surface area (Å²) in [6.07, 6.45) is 0. The zero-order chi connectivity index (χ0) is 15.3. The van der Waals surface area contributed by atoms with Crippen molar-refractivity contribution in [3.05, 3.63) is 29.8 Å². The van der Waals surface area contributed by atoms with Crippen LogP contribution in [0.3, 0.4) is 0 Å². The van der Waals surface area contributed by atoms with Crippen molar-refractivity contribution in [3.8, 4) is 0 Å². The first-order chi connectivity index (χ1) is 9.27. The number of rotatable bonds is 6. The van der Waals surface area contributed by atoms with Crippen LogP contribution in [0.1, 0.15) is 19.4 Å². The van der Waals surface area contributed by atoms with Crippen LogP contribution in [-0.4, -0.2) is 38.3 Å². The SMILES string of the molecule is CC(C)NC(=O)CN(C)S(=O)(=O)c1ccc(CBr)cc1. The number of halogens is 1. The summed E-state index contributed by atoms with van der Waals surface area (Å²) in [5.41, 5.74) is 0.990. The van der Waals surface area contributed by atoms with Gasteiger partial charge in [0.05, 0.1) is 11.4 Å². The number of hydrogen-bond acceptors (Lipinski definition) is 3. The Labute approximate surface area is 128 Å². The predicted molar refractivity (Wildman–Crippen MR) is 82.2 cm³/mol. The Hall–Kier alpha value is -0.920. The summed E-state index contributed by atoms with van der Waals surface area (Å²) in [6, 6.07) is 6.55. The maximum Gasteiger partial charge on any atom is 0.243 e. The topological polar surface area (TPSA) is 66.5 Å². The zero-order valence-corrected chi connectivity index (χ0v) is 14.2. The molecule has 0 saturated carbocycles. The lowest BCUT2D eigenvalue weighted by molar-refractivity contribution is -0.121. The van der Waals surface area contributed by atoms with Crippen molar-refractivity contribution in [3.63, 3.8) is 0 Å². The standard InChI is InChI=1S/C13H19BrN2O3S/c1-10(2)15-13(17)9-16(3)20(18,19)12-6-4-11(8-14)5-7-12/h4-7,10H,8-9H2,1-3H3,(H,15,17). The fraction of sp³-hybridized carbons (Fsp3) is 0.462. The lowest BCUT2D eigenvalue weighted by Gasteiger charge is -2.18. The first-order valence-corrected chi connectivity index (χ1v) is 8.74. The van der Waals surface area contributed by atoms with Gasteiger partial charge in [-0.3, -0.25) is 4.79 Å². The second-order valence-electron chi connectivity index (χ2n) is 4.76. The van der Waals surface area contributed by atoms with Crippen LogP contribution in [0.2, 0.25) is 0 Å². The molecule has 0 aliphatic heterocycles. The number of alkyl halides is 1. The molecule has 20 heavy (non-hydrogen) atoms. The van der Waals surface area contributed by atoms with Crippen molar-refractivity contribution in [1.82, 2.24) is 9.62 Å². The Morgan fingerprint density at radius 1 is 1.30 bits per heavy atom. The van der Waals surface area contributed by atoms with Crippen LogP contribution in [0, 0.1) is 0 Å². The van der Waals surface area contributed by atoms with Gasteiger partial charge in [-0.1, -0.05) is 28.1 Å². The molecule has 1 rings (SSSR count). The maximum absolute atomic E-state index is 12.3. The predicted octanol–water partition coefficient (Wildman–Crippen LogP) is 1.73. The normalized spacial score (nSPS) is 11.9. The summed E-state index contributed by atoms with van der Waals surface area (Å²) in [7, 11) is -2.24. The van der Waals surface area contributed by atoms with Gasteiger partial charge >= 0.3 is 0 Å². The molecule has 0 atom stereocenters. The molecule has 0 aliphatic rings. The van der Waals surface area contributed by atoms with E-state index >= 15 is 0 Å². The fourth-order valence-electron chi connectivity index (χ4n) is 1.59. The van der Waals surface area contributed by atoms with Crippen LogP contribution in [0.4, 0.5) is 0 Å². The molecule has 1 aromatic carbocycles. The van der Waals surface area contributed by atoms with Crippen molar-refractivity contribution < 1.29 is 13.2 Å². The fourth-order valence-corrected chi connectivity index (χ4v) is 3.09. The van der Waals surface area contributed by atoms with E-state index in [0.29, 0.717) is 5.33 Å². The summed E-state index contributed by atoms with van der Waals surface area (Å²) in [5, 5.41) is 3.33. The van der Waals surface area contributed by atoms with Crippen molar-refractivity contribution in [2.24, 2.45) is 0 Å².